The molecule has 1 saturated heterocycles. The topological polar surface area (TPSA) is 30.3 Å². The third-order valence-corrected chi connectivity index (χ3v) is 7.17. The van der Waals surface area contributed by atoms with Gasteiger partial charge in [-0.05, 0) is 55.9 Å². The van der Waals surface area contributed by atoms with Gasteiger partial charge in [-0.15, -0.1) is 0 Å². The van der Waals surface area contributed by atoms with Gasteiger partial charge in [0.25, 0.3) is 0 Å². The van der Waals surface area contributed by atoms with Gasteiger partial charge in [0.2, 0.25) is 0 Å². The molecule has 0 radical (unpaired) electrons. The quantitative estimate of drug-likeness (QED) is 0.649. The molecule has 4 nitrogen and oxygen atoms in total. The minimum atomic E-state index is 0.440. The number of hydrogen-bond acceptors (Lipinski definition) is 3. The first-order chi connectivity index (χ1) is 14.1. The van der Waals surface area contributed by atoms with Crippen LogP contribution >= 0.6 is 0 Å². The van der Waals surface area contributed by atoms with Gasteiger partial charge < -0.3 is 4.74 Å². The average Bonchev–Trinajstić information content (AvgIpc) is 3.24. The normalized spacial score (nSPS) is 22.8. The Bertz CT molecular complexity index is 1070. The Kier molecular flexibility index (Phi) is 3.70. The van der Waals surface area contributed by atoms with Crippen LogP contribution in [0.1, 0.15) is 47.3 Å². The fourth-order valence-corrected chi connectivity index (χ4v) is 5.74. The van der Waals surface area contributed by atoms with Crippen LogP contribution in [0.3, 0.4) is 0 Å². The summed E-state index contributed by atoms with van der Waals surface area (Å²) in [5, 5.41) is 4.83. The molecule has 1 aliphatic carbocycles. The number of ether oxygens (including phenoxy) is 1. The van der Waals surface area contributed by atoms with Gasteiger partial charge in [0.1, 0.15) is 12.4 Å². The maximum Gasteiger partial charge on any atom is 0.124 e. The Morgan fingerprint density at radius 3 is 2.59 bits per heavy atom. The van der Waals surface area contributed by atoms with Gasteiger partial charge >= 0.3 is 0 Å². The molecule has 1 spiro atoms. The monoisotopic (exact) mass is 385 g/mol. The lowest BCUT2D eigenvalue weighted by Crippen LogP contribution is -2.62. The maximum atomic E-state index is 5.90. The minimum Gasteiger partial charge on any atom is -0.491 e. The van der Waals surface area contributed by atoms with E-state index in [0.717, 1.165) is 18.1 Å². The molecule has 1 atom stereocenters. The summed E-state index contributed by atoms with van der Waals surface area (Å²) in [5.41, 5.74) is 6.85. The molecule has 0 bridgehead atoms. The molecule has 2 aromatic carbocycles. The van der Waals surface area contributed by atoms with E-state index < -0.39 is 0 Å². The van der Waals surface area contributed by atoms with Crippen LogP contribution in [0, 0.1) is 19.3 Å². The van der Waals surface area contributed by atoms with E-state index in [2.05, 4.69) is 78.0 Å². The predicted octanol–water partition coefficient (Wildman–Crippen LogP) is 4.80. The van der Waals surface area contributed by atoms with Crippen molar-refractivity contribution >= 4 is 0 Å². The highest BCUT2D eigenvalue weighted by Crippen LogP contribution is 2.58. The van der Waals surface area contributed by atoms with Gasteiger partial charge in [-0.2, -0.15) is 5.10 Å². The highest BCUT2D eigenvalue weighted by molar-refractivity contribution is 5.43. The molecule has 0 amide bonds. The largest absolute Gasteiger partial charge is 0.491 e. The predicted molar refractivity (Wildman–Crippen MR) is 114 cm³/mol. The third-order valence-electron chi connectivity index (χ3n) is 7.17. The minimum absolute atomic E-state index is 0.440. The van der Waals surface area contributed by atoms with Crippen molar-refractivity contribution in [2.75, 3.05) is 19.7 Å². The number of aromatic nitrogens is 2. The van der Waals surface area contributed by atoms with E-state index >= 15 is 0 Å². The molecule has 1 saturated carbocycles. The zero-order valence-electron chi connectivity index (χ0n) is 17.1. The number of fused-ring (bicyclic) bond motifs is 1. The van der Waals surface area contributed by atoms with Crippen LogP contribution in [0.15, 0.2) is 54.6 Å². The second-order valence-electron chi connectivity index (χ2n) is 9.28. The number of para-hydroxylation sites is 2. The van der Waals surface area contributed by atoms with Crippen molar-refractivity contribution in [3.8, 4) is 11.4 Å². The standard InChI is InChI=1S/C25H27N3O/c1-17-7-3-5-9-21(17)28-22(11-18(2)26-28)19-12-25(13-19)15-27(16-25)23-14-29-24-10-6-4-8-20(23)24/h3-11,19,23H,12-16H2,1-2H3/t23-/m1/s1. The van der Waals surface area contributed by atoms with E-state index in [1.165, 1.54) is 48.4 Å². The van der Waals surface area contributed by atoms with Crippen molar-refractivity contribution in [1.82, 2.24) is 14.7 Å². The number of likely N-dealkylation sites (tertiary alicyclic amines) is 1. The van der Waals surface area contributed by atoms with E-state index in [-0.39, 0.29) is 0 Å². The Labute approximate surface area is 172 Å². The molecule has 148 valence electrons. The van der Waals surface area contributed by atoms with Crippen LogP contribution in [-0.4, -0.2) is 34.4 Å². The van der Waals surface area contributed by atoms with E-state index in [9.17, 15) is 0 Å². The van der Waals surface area contributed by atoms with E-state index in [1.807, 2.05) is 0 Å². The first-order valence-corrected chi connectivity index (χ1v) is 10.7. The Morgan fingerprint density at radius 2 is 1.76 bits per heavy atom. The van der Waals surface area contributed by atoms with Crippen LogP contribution in [0.2, 0.25) is 0 Å². The van der Waals surface area contributed by atoms with Crippen LogP contribution in [0.5, 0.6) is 5.75 Å². The Balaban J connectivity index is 1.17. The number of nitrogens with zero attached hydrogens (tertiary/aromatic N) is 3. The smallest absolute Gasteiger partial charge is 0.124 e. The lowest BCUT2D eigenvalue weighted by atomic mass is 9.56. The van der Waals surface area contributed by atoms with Gasteiger partial charge in [-0.3, -0.25) is 4.90 Å². The van der Waals surface area contributed by atoms with Crippen molar-refractivity contribution in [3.63, 3.8) is 0 Å². The summed E-state index contributed by atoms with van der Waals surface area (Å²) >= 11 is 0. The molecule has 0 unspecified atom stereocenters. The summed E-state index contributed by atoms with van der Waals surface area (Å²) in [6.45, 7) is 7.48. The lowest BCUT2D eigenvalue weighted by molar-refractivity contribution is -0.0985. The van der Waals surface area contributed by atoms with E-state index in [0.29, 0.717) is 17.4 Å². The lowest BCUT2D eigenvalue weighted by Gasteiger charge is -2.60. The summed E-state index contributed by atoms with van der Waals surface area (Å²) in [6.07, 6.45) is 2.55. The van der Waals surface area contributed by atoms with Crippen molar-refractivity contribution in [2.45, 2.75) is 38.6 Å². The van der Waals surface area contributed by atoms with Gasteiger partial charge in [0.05, 0.1) is 17.4 Å². The maximum absolute atomic E-state index is 5.90. The highest BCUT2D eigenvalue weighted by Gasteiger charge is 2.55. The first-order valence-electron chi connectivity index (χ1n) is 10.7. The molecular weight excluding hydrogens is 358 g/mol. The number of benzene rings is 2. The van der Waals surface area contributed by atoms with Crippen molar-refractivity contribution in [2.24, 2.45) is 5.41 Å². The average molecular weight is 386 g/mol. The highest BCUT2D eigenvalue weighted by atomic mass is 16.5. The molecule has 3 aliphatic rings. The molecule has 3 heterocycles. The number of aryl methyl sites for hydroxylation is 2. The molecule has 1 aromatic heterocycles. The number of hydrogen-bond donors (Lipinski definition) is 0. The zero-order chi connectivity index (χ0) is 19.6. The summed E-state index contributed by atoms with van der Waals surface area (Å²) in [4.78, 5) is 2.62. The fraction of sp³-hybridized carbons (Fsp3) is 0.400. The van der Waals surface area contributed by atoms with E-state index in [4.69, 9.17) is 9.84 Å². The van der Waals surface area contributed by atoms with Gasteiger partial charge in [-0.1, -0.05) is 36.4 Å². The first kappa shape index (κ1) is 17.3. The summed E-state index contributed by atoms with van der Waals surface area (Å²) in [7, 11) is 0. The van der Waals surface area contributed by atoms with Gasteiger partial charge in [-0.25, -0.2) is 4.68 Å². The molecule has 6 rings (SSSR count). The summed E-state index contributed by atoms with van der Waals surface area (Å²) in [6, 6.07) is 19.8. The fourth-order valence-electron chi connectivity index (χ4n) is 5.74. The molecule has 2 fully saturated rings. The van der Waals surface area contributed by atoms with Crippen LogP contribution in [0.25, 0.3) is 5.69 Å². The SMILES string of the molecule is Cc1cc(C2CC3(C2)CN([C@@H]2COc4ccccc42)C3)n(-c2ccccc2C)n1. The van der Waals surface area contributed by atoms with Crippen molar-refractivity contribution < 1.29 is 4.74 Å². The molecule has 29 heavy (non-hydrogen) atoms. The second kappa shape index (κ2) is 6.20. The molecule has 3 aromatic rings. The Hall–Kier alpha value is -2.59. The van der Waals surface area contributed by atoms with E-state index in [1.54, 1.807) is 0 Å². The van der Waals surface area contributed by atoms with Crippen molar-refractivity contribution in [3.05, 3.63) is 77.1 Å². The number of rotatable bonds is 3. The van der Waals surface area contributed by atoms with Crippen LogP contribution in [-0.2, 0) is 0 Å². The third kappa shape index (κ3) is 2.66. The molecule has 4 heteroatoms. The molecule has 2 aliphatic heterocycles. The van der Waals surface area contributed by atoms with Crippen molar-refractivity contribution in [1.29, 1.82) is 0 Å². The van der Waals surface area contributed by atoms with Crippen LogP contribution < -0.4 is 4.74 Å². The molecular formula is C25H27N3O. The second-order valence-corrected chi connectivity index (χ2v) is 9.28. The Morgan fingerprint density at radius 1 is 1.00 bits per heavy atom. The summed E-state index contributed by atoms with van der Waals surface area (Å²) < 4.78 is 8.10. The summed E-state index contributed by atoms with van der Waals surface area (Å²) in [5.74, 6) is 1.69. The van der Waals surface area contributed by atoms with Crippen LogP contribution in [0.4, 0.5) is 0 Å². The zero-order valence-corrected chi connectivity index (χ0v) is 17.1. The van der Waals surface area contributed by atoms with Gasteiger partial charge in [0, 0.05) is 30.3 Å². The van der Waals surface area contributed by atoms with Gasteiger partial charge in [0.15, 0.2) is 0 Å². The molecule has 0 N–H and O–H groups in total.